The predicted octanol–water partition coefficient (Wildman–Crippen LogP) is 1.49. The van der Waals surface area contributed by atoms with Crippen molar-refractivity contribution in [3.8, 4) is 0 Å². The molecule has 3 rings (SSSR count). The van der Waals surface area contributed by atoms with Crippen LogP contribution in [-0.2, 0) is 4.79 Å². The van der Waals surface area contributed by atoms with Gasteiger partial charge >= 0.3 is 0 Å². The van der Waals surface area contributed by atoms with E-state index >= 15 is 0 Å². The standard InChI is InChI=1S/C19H29N3O2/c1-16-3-5-17(6-4-16)21-11-13-22(14-12-21)18(23)15-19(24)7-9-20(2)10-8-19/h3-6,24H,7-15H2,1-2H3. The van der Waals surface area contributed by atoms with E-state index in [1.807, 2.05) is 4.90 Å². The number of rotatable bonds is 3. The minimum absolute atomic E-state index is 0.102. The van der Waals surface area contributed by atoms with E-state index in [0.29, 0.717) is 12.8 Å². The highest BCUT2D eigenvalue weighted by molar-refractivity contribution is 5.77. The third kappa shape index (κ3) is 4.08. The number of benzene rings is 1. The molecule has 132 valence electrons. The molecule has 1 aromatic carbocycles. The second kappa shape index (κ2) is 7.11. The second-order valence-electron chi connectivity index (χ2n) is 7.41. The Morgan fingerprint density at radius 1 is 1.04 bits per heavy atom. The quantitative estimate of drug-likeness (QED) is 0.912. The zero-order valence-corrected chi connectivity index (χ0v) is 14.9. The van der Waals surface area contributed by atoms with E-state index < -0.39 is 5.60 Å². The van der Waals surface area contributed by atoms with Crippen molar-refractivity contribution in [1.82, 2.24) is 9.80 Å². The lowest BCUT2D eigenvalue weighted by atomic mass is 9.88. The van der Waals surface area contributed by atoms with Gasteiger partial charge in [-0.2, -0.15) is 0 Å². The monoisotopic (exact) mass is 331 g/mol. The number of anilines is 1. The molecule has 0 atom stereocenters. The van der Waals surface area contributed by atoms with Crippen molar-refractivity contribution in [2.24, 2.45) is 0 Å². The zero-order valence-electron chi connectivity index (χ0n) is 14.9. The zero-order chi connectivity index (χ0) is 17.2. The molecule has 0 unspecified atom stereocenters. The molecule has 2 aliphatic heterocycles. The van der Waals surface area contributed by atoms with Gasteiger partial charge in [0.2, 0.25) is 5.91 Å². The molecule has 5 nitrogen and oxygen atoms in total. The van der Waals surface area contributed by atoms with Gasteiger partial charge in [-0.05, 0) is 38.9 Å². The van der Waals surface area contributed by atoms with E-state index in [4.69, 9.17) is 0 Å². The van der Waals surface area contributed by atoms with Crippen LogP contribution in [-0.4, -0.2) is 72.7 Å². The van der Waals surface area contributed by atoms with E-state index in [0.717, 1.165) is 39.3 Å². The van der Waals surface area contributed by atoms with Crippen molar-refractivity contribution in [3.63, 3.8) is 0 Å². The first-order valence-electron chi connectivity index (χ1n) is 8.96. The van der Waals surface area contributed by atoms with Crippen LogP contribution in [0.1, 0.15) is 24.8 Å². The Hall–Kier alpha value is -1.59. The van der Waals surface area contributed by atoms with Gasteiger partial charge in [0.15, 0.2) is 0 Å². The van der Waals surface area contributed by atoms with Crippen molar-refractivity contribution < 1.29 is 9.90 Å². The molecule has 2 heterocycles. The second-order valence-corrected chi connectivity index (χ2v) is 7.41. The van der Waals surface area contributed by atoms with Gasteiger partial charge in [0.1, 0.15) is 0 Å². The Bertz CT molecular complexity index is 556. The number of carbonyl (C=O) groups is 1. The SMILES string of the molecule is Cc1ccc(N2CCN(C(=O)CC3(O)CCN(C)CC3)CC2)cc1. The number of aryl methyl sites for hydroxylation is 1. The maximum atomic E-state index is 12.6. The van der Waals surface area contributed by atoms with Crippen molar-refractivity contribution in [2.45, 2.75) is 31.8 Å². The number of carbonyl (C=O) groups excluding carboxylic acids is 1. The molecule has 0 radical (unpaired) electrons. The molecular formula is C19H29N3O2. The Labute approximate surface area is 144 Å². The molecular weight excluding hydrogens is 302 g/mol. The lowest BCUT2D eigenvalue weighted by Crippen LogP contribution is -2.52. The molecule has 0 aromatic heterocycles. The van der Waals surface area contributed by atoms with Crippen molar-refractivity contribution in [3.05, 3.63) is 29.8 Å². The summed E-state index contributed by atoms with van der Waals surface area (Å²) in [6.07, 6.45) is 1.66. The highest BCUT2D eigenvalue weighted by Gasteiger charge is 2.35. The number of likely N-dealkylation sites (tertiary alicyclic amines) is 1. The molecule has 0 bridgehead atoms. The Kier molecular flexibility index (Phi) is 5.11. The summed E-state index contributed by atoms with van der Waals surface area (Å²) in [6.45, 7) is 7.02. The van der Waals surface area contributed by atoms with Crippen LogP contribution in [0.2, 0.25) is 0 Å². The average molecular weight is 331 g/mol. The summed E-state index contributed by atoms with van der Waals surface area (Å²) in [5.41, 5.74) is 1.68. The maximum Gasteiger partial charge on any atom is 0.225 e. The third-order valence-corrected chi connectivity index (χ3v) is 5.43. The van der Waals surface area contributed by atoms with Crippen LogP contribution in [0, 0.1) is 6.92 Å². The first-order chi connectivity index (χ1) is 11.5. The highest BCUT2D eigenvalue weighted by atomic mass is 16.3. The lowest BCUT2D eigenvalue weighted by Gasteiger charge is -2.40. The number of piperazine rings is 1. The molecule has 24 heavy (non-hydrogen) atoms. The summed E-state index contributed by atoms with van der Waals surface area (Å²) in [4.78, 5) is 19.0. The fourth-order valence-corrected chi connectivity index (χ4v) is 3.57. The Balaban J connectivity index is 1.51. The van der Waals surface area contributed by atoms with Crippen molar-refractivity contribution in [1.29, 1.82) is 0 Å². The first kappa shape index (κ1) is 17.2. The molecule has 2 fully saturated rings. The van der Waals surface area contributed by atoms with Gasteiger partial charge in [-0.3, -0.25) is 4.79 Å². The minimum Gasteiger partial charge on any atom is -0.389 e. The van der Waals surface area contributed by atoms with Crippen molar-refractivity contribution in [2.75, 3.05) is 51.2 Å². The minimum atomic E-state index is -0.808. The van der Waals surface area contributed by atoms with E-state index in [1.54, 1.807) is 0 Å². The number of hydrogen-bond donors (Lipinski definition) is 1. The molecule has 1 N–H and O–H groups in total. The van der Waals surface area contributed by atoms with Crippen LogP contribution in [0.15, 0.2) is 24.3 Å². The van der Waals surface area contributed by atoms with Gasteiger partial charge in [-0.1, -0.05) is 17.7 Å². The summed E-state index contributed by atoms with van der Waals surface area (Å²) in [6, 6.07) is 8.55. The molecule has 1 aromatic rings. The van der Waals surface area contributed by atoms with Crippen LogP contribution in [0.25, 0.3) is 0 Å². The summed E-state index contributed by atoms with van der Waals surface area (Å²) in [7, 11) is 2.06. The van der Waals surface area contributed by atoms with Gasteiger partial charge in [-0.25, -0.2) is 0 Å². The van der Waals surface area contributed by atoms with Crippen molar-refractivity contribution >= 4 is 11.6 Å². The summed E-state index contributed by atoms with van der Waals surface area (Å²) >= 11 is 0. The molecule has 2 aliphatic rings. The molecule has 0 spiro atoms. The molecule has 5 heteroatoms. The summed E-state index contributed by atoms with van der Waals surface area (Å²) in [5.74, 6) is 0.102. The molecule has 2 saturated heterocycles. The largest absolute Gasteiger partial charge is 0.389 e. The number of nitrogens with zero attached hydrogens (tertiary/aromatic N) is 3. The van der Waals surface area contributed by atoms with E-state index in [-0.39, 0.29) is 12.3 Å². The Morgan fingerprint density at radius 2 is 1.62 bits per heavy atom. The Morgan fingerprint density at radius 3 is 2.21 bits per heavy atom. The molecule has 0 aliphatic carbocycles. The van der Waals surface area contributed by atoms with Crippen LogP contribution in [0.3, 0.4) is 0 Å². The van der Waals surface area contributed by atoms with Gasteiger partial charge < -0.3 is 19.8 Å². The molecule has 0 saturated carbocycles. The van der Waals surface area contributed by atoms with Gasteiger partial charge in [-0.15, -0.1) is 0 Å². The lowest BCUT2D eigenvalue weighted by molar-refractivity contribution is -0.138. The van der Waals surface area contributed by atoms with Gasteiger partial charge in [0.05, 0.1) is 12.0 Å². The fourth-order valence-electron chi connectivity index (χ4n) is 3.57. The van der Waals surface area contributed by atoms with Crippen LogP contribution in [0.5, 0.6) is 0 Å². The van der Waals surface area contributed by atoms with Crippen LogP contribution in [0.4, 0.5) is 5.69 Å². The number of hydrogen-bond acceptors (Lipinski definition) is 4. The summed E-state index contributed by atoms with van der Waals surface area (Å²) < 4.78 is 0. The molecule has 1 amide bonds. The summed E-state index contributed by atoms with van der Waals surface area (Å²) in [5, 5.41) is 10.7. The van der Waals surface area contributed by atoms with Gasteiger partial charge in [0, 0.05) is 45.0 Å². The normalized spacial score (nSPS) is 21.8. The van der Waals surface area contributed by atoms with Crippen LogP contribution < -0.4 is 4.90 Å². The maximum absolute atomic E-state index is 12.6. The predicted molar refractivity (Wildman–Crippen MR) is 96.3 cm³/mol. The first-order valence-corrected chi connectivity index (χ1v) is 8.96. The number of aliphatic hydroxyl groups is 1. The third-order valence-electron chi connectivity index (χ3n) is 5.43. The number of piperidine rings is 1. The fraction of sp³-hybridized carbons (Fsp3) is 0.632. The highest BCUT2D eigenvalue weighted by Crippen LogP contribution is 2.26. The number of amides is 1. The van der Waals surface area contributed by atoms with E-state index in [2.05, 4.69) is 48.0 Å². The average Bonchev–Trinajstić information content (AvgIpc) is 2.59. The topological polar surface area (TPSA) is 47.0 Å². The van der Waals surface area contributed by atoms with E-state index in [1.165, 1.54) is 11.3 Å². The van der Waals surface area contributed by atoms with Gasteiger partial charge in [0.25, 0.3) is 0 Å². The smallest absolute Gasteiger partial charge is 0.225 e. The van der Waals surface area contributed by atoms with E-state index in [9.17, 15) is 9.90 Å². The van der Waals surface area contributed by atoms with Crippen LogP contribution >= 0.6 is 0 Å².